The first-order chi connectivity index (χ1) is 10.2. The topological polar surface area (TPSA) is 53.8 Å². The van der Waals surface area contributed by atoms with Crippen molar-refractivity contribution in [3.63, 3.8) is 0 Å². The summed E-state index contributed by atoms with van der Waals surface area (Å²) in [5, 5.41) is 6.17. The molecule has 110 valence electrons. The van der Waals surface area contributed by atoms with E-state index in [2.05, 4.69) is 47.7 Å². The van der Waals surface area contributed by atoms with Gasteiger partial charge in [0.15, 0.2) is 0 Å². The molecule has 0 amide bonds. The number of nitrogens with two attached hydrogens (primary N) is 1. The van der Waals surface area contributed by atoms with Gasteiger partial charge in [0.05, 0.1) is 0 Å². The minimum Gasteiger partial charge on any atom is -0.402 e. The van der Waals surface area contributed by atoms with Crippen LogP contribution in [0.1, 0.15) is 31.7 Å². The lowest BCUT2D eigenvalue weighted by atomic mass is 10.1. The van der Waals surface area contributed by atoms with Crippen molar-refractivity contribution in [3.05, 3.63) is 58.0 Å². The zero-order chi connectivity index (χ0) is 14.7. The highest BCUT2D eigenvalue weighted by Gasteiger charge is 2.05. The number of H-pyrrole nitrogens is 1. The monoisotopic (exact) mass is 281 g/mol. The Labute approximate surface area is 125 Å². The third kappa shape index (κ3) is 3.13. The maximum absolute atomic E-state index is 5.78. The molecule has 0 radical (unpaired) electrons. The van der Waals surface area contributed by atoms with Gasteiger partial charge in [-0.1, -0.05) is 18.2 Å². The molecule has 0 bridgehead atoms. The molecule has 3 nitrogen and oxygen atoms in total. The summed E-state index contributed by atoms with van der Waals surface area (Å²) >= 11 is 0. The summed E-state index contributed by atoms with van der Waals surface area (Å²) in [6.07, 6.45) is 16.9. The number of nitrogens with one attached hydrogen (secondary N) is 2. The van der Waals surface area contributed by atoms with Gasteiger partial charge in [0.1, 0.15) is 0 Å². The number of rotatable bonds is 4. The van der Waals surface area contributed by atoms with Gasteiger partial charge >= 0.3 is 0 Å². The Bertz CT molecular complexity index is 729. The molecule has 2 aliphatic rings. The van der Waals surface area contributed by atoms with Crippen LogP contribution in [0.3, 0.4) is 0 Å². The number of hydrogen-bond acceptors (Lipinski definition) is 2. The van der Waals surface area contributed by atoms with Gasteiger partial charge in [-0.25, -0.2) is 0 Å². The van der Waals surface area contributed by atoms with Crippen LogP contribution in [0.4, 0.5) is 0 Å². The molecule has 0 saturated heterocycles. The van der Waals surface area contributed by atoms with E-state index in [0.717, 1.165) is 37.9 Å². The molecule has 1 aromatic heterocycles. The number of hydrogen-bond donors (Lipinski definition) is 3. The Morgan fingerprint density at radius 2 is 2.14 bits per heavy atom. The Balaban J connectivity index is 1.69. The lowest BCUT2D eigenvalue weighted by Crippen LogP contribution is -2.28. The normalized spacial score (nSPS) is 17.5. The number of allylic oxidation sites excluding steroid dienone is 6. The second kappa shape index (κ2) is 6.08. The van der Waals surface area contributed by atoms with Crippen molar-refractivity contribution in [2.24, 2.45) is 5.73 Å². The van der Waals surface area contributed by atoms with E-state index in [0.29, 0.717) is 0 Å². The third-order valence-corrected chi connectivity index (χ3v) is 4.18. The van der Waals surface area contributed by atoms with Crippen molar-refractivity contribution in [3.8, 4) is 0 Å². The molecule has 1 heterocycles. The molecule has 0 saturated carbocycles. The average molecular weight is 281 g/mol. The molecule has 4 N–H and O–H groups in total. The summed E-state index contributed by atoms with van der Waals surface area (Å²) in [6.45, 7) is 3.16. The molecule has 3 rings (SSSR count). The number of aromatic amines is 1. The van der Waals surface area contributed by atoms with Crippen LogP contribution in [-0.4, -0.2) is 11.5 Å². The Hall–Kier alpha value is -2.16. The predicted octanol–water partition coefficient (Wildman–Crippen LogP) is 1.58. The van der Waals surface area contributed by atoms with E-state index in [4.69, 9.17) is 5.73 Å². The van der Waals surface area contributed by atoms with Crippen LogP contribution in [0.25, 0.3) is 11.6 Å². The molecule has 0 atom stereocenters. The maximum atomic E-state index is 5.78. The standard InChI is InChI=1S/C18H23N3/c1-13-4-2-3-5-17-14(12-21-18(13)17)10-11-20-16-8-6-15(19)7-9-16/h2-3,5-6,8,12,20-21H,4,7,9-11,19H2,1H3. The third-order valence-electron chi connectivity index (χ3n) is 4.18. The van der Waals surface area contributed by atoms with E-state index >= 15 is 0 Å². The van der Waals surface area contributed by atoms with Crippen molar-refractivity contribution in [1.82, 2.24) is 10.3 Å². The van der Waals surface area contributed by atoms with Crippen molar-refractivity contribution in [2.45, 2.75) is 32.6 Å². The molecular weight excluding hydrogens is 258 g/mol. The van der Waals surface area contributed by atoms with Crippen LogP contribution < -0.4 is 21.6 Å². The molecule has 1 aromatic rings. The Kier molecular flexibility index (Phi) is 4.00. The minimum absolute atomic E-state index is 0.959. The van der Waals surface area contributed by atoms with Crippen molar-refractivity contribution in [1.29, 1.82) is 0 Å². The fourth-order valence-corrected chi connectivity index (χ4v) is 2.90. The van der Waals surface area contributed by atoms with Crippen LogP contribution in [0, 0.1) is 0 Å². The van der Waals surface area contributed by atoms with Crippen molar-refractivity contribution < 1.29 is 0 Å². The summed E-state index contributed by atoms with van der Waals surface area (Å²) in [5.74, 6) is 0. The SMILES string of the molecule is CC1=c2[nH]cc(CCNC3=CC=C(N)CC3)c2=CC=CC1. The molecular formula is C18H23N3. The minimum atomic E-state index is 0.959. The van der Waals surface area contributed by atoms with E-state index < -0.39 is 0 Å². The lowest BCUT2D eigenvalue weighted by Gasteiger charge is -2.14. The highest BCUT2D eigenvalue weighted by Crippen LogP contribution is 2.12. The van der Waals surface area contributed by atoms with Gasteiger partial charge in [-0.3, -0.25) is 0 Å². The summed E-state index contributed by atoms with van der Waals surface area (Å²) in [5.41, 5.74) is 10.8. The molecule has 0 unspecified atom stereocenters. The first kappa shape index (κ1) is 13.8. The fraction of sp³-hybridized carbons (Fsp3) is 0.333. The average Bonchev–Trinajstić information content (AvgIpc) is 2.79. The van der Waals surface area contributed by atoms with E-state index in [-0.39, 0.29) is 0 Å². The van der Waals surface area contributed by atoms with Gasteiger partial charge in [0, 0.05) is 34.7 Å². The van der Waals surface area contributed by atoms with E-state index in [1.165, 1.54) is 27.4 Å². The fourth-order valence-electron chi connectivity index (χ4n) is 2.90. The van der Waals surface area contributed by atoms with Crippen molar-refractivity contribution >= 4 is 11.6 Å². The van der Waals surface area contributed by atoms with Gasteiger partial charge < -0.3 is 16.0 Å². The molecule has 0 aliphatic heterocycles. The molecule has 21 heavy (non-hydrogen) atoms. The molecule has 0 spiro atoms. The van der Waals surface area contributed by atoms with Crippen LogP contribution in [0.15, 0.2) is 41.9 Å². The quantitative estimate of drug-likeness (QED) is 0.785. The van der Waals surface area contributed by atoms with Crippen molar-refractivity contribution in [2.75, 3.05) is 6.54 Å². The van der Waals surface area contributed by atoms with E-state index in [1.54, 1.807) is 0 Å². The van der Waals surface area contributed by atoms with Gasteiger partial charge in [-0.15, -0.1) is 0 Å². The van der Waals surface area contributed by atoms with E-state index in [1.807, 2.05) is 6.08 Å². The Morgan fingerprint density at radius 1 is 1.24 bits per heavy atom. The molecule has 0 aromatic carbocycles. The van der Waals surface area contributed by atoms with Crippen LogP contribution in [-0.2, 0) is 6.42 Å². The maximum Gasteiger partial charge on any atom is 0.0449 e. The molecule has 3 heteroatoms. The van der Waals surface area contributed by atoms with Gasteiger partial charge in [0.2, 0.25) is 0 Å². The summed E-state index contributed by atoms with van der Waals surface area (Å²) in [4.78, 5) is 3.43. The number of aromatic nitrogens is 1. The van der Waals surface area contributed by atoms with Gasteiger partial charge in [0.25, 0.3) is 0 Å². The first-order valence-corrected chi connectivity index (χ1v) is 7.66. The zero-order valence-corrected chi connectivity index (χ0v) is 12.6. The lowest BCUT2D eigenvalue weighted by molar-refractivity contribution is 0.723. The van der Waals surface area contributed by atoms with Gasteiger partial charge in [-0.2, -0.15) is 0 Å². The van der Waals surface area contributed by atoms with Crippen LogP contribution in [0.2, 0.25) is 0 Å². The highest BCUT2D eigenvalue weighted by atomic mass is 14.9. The first-order valence-electron chi connectivity index (χ1n) is 7.66. The van der Waals surface area contributed by atoms with Crippen LogP contribution in [0.5, 0.6) is 0 Å². The number of fused-ring (bicyclic) bond motifs is 1. The predicted molar refractivity (Wildman–Crippen MR) is 88.6 cm³/mol. The largest absolute Gasteiger partial charge is 0.402 e. The van der Waals surface area contributed by atoms with E-state index in [9.17, 15) is 0 Å². The summed E-state index contributed by atoms with van der Waals surface area (Å²) in [6, 6.07) is 0. The summed E-state index contributed by atoms with van der Waals surface area (Å²) in [7, 11) is 0. The second-order valence-corrected chi connectivity index (χ2v) is 5.79. The van der Waals surface area contributed by atoms with Crippen LogP contribution >= 0.6 is 0 Å². The zero-order valence-electron chi connectivity index (χ0n) is 12.6. The highest BCUT2D eigenvalue weighted by molar-refractivity contribution is 5.52. The summed E-state index contributed by atoms with van der Waals surface area (Å²) < 4.78 is 0. The Morgan fingerprint density at radius 3 is 2.95 bits per heavy atom. The molecule has 0 fully saturated rings. The second-order valence-electron chi connectivity index (χ2n) is 5.79. The van der Waals surface area contributed by atoms with Gasteiger partial charge in [-0.05, 0) is 55.9 Å². The smallest absolute Gasteiger partial charge is 0.0449 e. The molecule has 2 aliphatic carbocycles.